The van der Waals surface area contributed by atoms with Crippen LogP contribution in [0.3, 0.4) is 0 Å². The van der Waals surface area contributed by atoms with Crippen LogP contribution in [-0.4, -0.2) is 37.3 Å². The van der Waals surface area contributed by atoms with Crippen molar-refractivity contribution in [3.05, 3.63) is 16.1 Å². The van der Waals surface area contributed by atoms with Crippen molar-refractivity contribution in [1.82, 2.24) is 4.98 Å². The lowest BCUT2D eigenvalue weighted by atomic mass is 10.1. The van der Waals surface area contributed by atoms with E-state index >= 15 is 0 Å². The Balaban J connectivity index is 2.25. The Morgan fingerprint density at radius 2 is 2.20 bits per heavy atom. The second kappa shape index (κ2) is 6.83. The predicted octanol–water partition coefficient (Wildman–Crippen LogP) is 3.82. The molecule has 20 heavy (non-hydrogen) atoms. The van der Waals surface area contributed by atoms with Gasteiger partial charge in [0.25, 0.3) is 0 Å². The number of pyridine rings is 1. The fourth-order valence-corrected chi connectivity index (χ4v) is 3.02. The smallest absolute Gasteiger partial charge is 0.150 e. The molecule has 0 radical (unpaired) electrons. The number of nitrogens with one attached hydrogen (secondary N) is 1. The first-order valence-electron chi connectivity index (χ1n) is 6.99. The van der Waals surface area contributed by atoms with Gasteiger partial charge in [-0.3, -0.25) is 0 Å². The van der Waals surface area contributed by atoms with Crippen molar-refractivity contribution in [1.29, 1.82) is 0 Å². The van der Waals surface area contributed by atoms with Gasteiger partial charge in [-0.1, -0.05) is 30.1 Å². The number of likely N-dealkylation sites (N-methyl/N-ethyl adjacent to an activating group) is 1. The van der Waals surface area contributed by atoms with Crippen molar-refractivity contribution in [2.75, 3.05) is 30.4 Å². The summed E-state index contributed by atoms with van der Waals surface area (Å²) in [5.41, 5.74) is 0. The quantitative estimate of drug-likeness (QED) is 0.895. The maximum Gasteiger partial charge on any atom is 0.150 e. The summed E-state index contributed by atoms with van der Waals surface area (Å²) < 4.78 is 5.61. The van der Waals surface area contributed by atoms with E-state index in [1.54, 1.807) is 6.07 Å². The molecule has 2 unspecified atom stereocenters. The molecule has 0 bridgehead atoms. The Labute approximate surface area is 130 Å². The molecule has 4 nitrogen and oxygen atoms in total. The SMILES string of the molecule is CCCNc1nc(N(C)C2CCOC2C)c(Cl)cc1Cl. The Kier molecular flexibility index (Phi) is 5.35. The van der Waals surface area contributed by atoms with E-state index in [2.05, 4.69) is 29.0 Å². The number of anilines is 2. The van der Waals surface area contributed by atoms with Crippen LogP contribution in [0.4, 0.5) is 11.6 Å². The predicted molar refractivity (Wildman–Crippen MR) is 85.3 cm³/mol. The molecule has 2 heterocycles. The van der Waals surface area contributed by atoms with Crippen molar-refractivity contribution < 1.29 is 4.74 Å². The monoisotopic (exact) mass is 317 g/mol. The Bertz CT molecular complexity index is 470. The summed E-state index contributed by atoms with van der Waals surface area (Å²) in [6, 6.07) is 2.04. The molecule has 1 aliphatic rings. The summed E-state index contributed by atoms with van der Waals surface area (Å²) in [5, 5.41) is 4.35. The van der Waals surface area contributed by atoms with Crippen molar-refractivity contribution >= 4 is 34.8 Å². The largest absolute Gasteiger partial charge is 0.376 e. The molecule has 0 amide bonds. The van der Waals surface area contributed by atoms with Gasteiger partial charge in [-0.25, -0.2) is 4.98 Å². The van der Waals surface area contributed by atoms with Crippen LogP contribution < -0.4 is 10.2 Å². The van der Waals surface area contributed by atoms with Gasteiger partial charge in [0.2, 0.25) is 0 Å². The summed E-state index contributed by atoms with van der Waals surface area (Å²) >= 11 is 12.5. The van der Waals surface area contributed by atoms with E-state index in [-0.39, 0.29) is 6.10 Å². The van der Waals surface area contributed by atoms with Gasteiger partial charge in [0.15, 0.2) is 0 Å². The fourth-order valence-electron chi connectivity index (χ4n) is 2.46. The average Bonchev–Trinajstić information content (AvgIpc) is 2.83. The van der Waals surface area contributed by atoms with E-state index in [0.29, 0.717) is 21.9 Å². The van der Waals surface area contributed by atoms with Crippen LogP contribution >= 0.6 is 23.2 Å². The number of aromatic nitrogens is 1. The molecule has 2 atom stereocenters. The first-order valence-corrected chi connectivity index (χ1v) is 7.74. The first-order chi connectivity index (χ1) is 9.54. The van der Waals surface area contributed by atoms with Crippen molar-refractivity contribution in [3.63, 3.8) is 0 Å². The van der Waals surface area contributed by atoms with Crippen LogP contribution in [0.2, 0.25) is 10.0 Å². The molecule has 2 rings (SSSR count). The number of rotatable bonds is 5. The summed E-state index contributed by atoms with van der Waals surface area (Å²) in [7, 11) is 2.00. The number of nitrogens with zero attached hydrogens (tertiary/aromatic N) is 2. The lowest BCUT2D eigenvalue weighted by molar-refractivity contribution is 0.118. The second-order valence-electron chi connectivity index (χ2n) is 5.09. The van der Waals surface area contributed by atoms with Gasteiger partial charge in [-0.05, 0) is 25.8 Å². The molecular formula is C14H21Cl2N3O. The normalized spacial score (nSPS) is 22.1. The molecule has 0 spiro atoms. The molecule has 1 aromatic rings. The lowest BCUT2D eigenvalue weighted by Crippen LogP contribution is -2.37. The van der Waals surface area contributed by atoms with E-state index in [4.69, 9.17) is 27.9 Å². The molecule has 1 aliphatic heterocycles. The summed E-state index contributed by atoms with van der Waals surface area (Å²) in [6.45, 7) is 5.79. The number of hydrogen-bond acceptors (Lipinski definition) is 4. The van der Waals surface area contributed by atoms with Gasteiger partial charge in [0.1, 0.15) is 11.6 Å². The molecule has 1 aromatic heterocycles. The molecule has 6 heteroatoms. The fraction of sp³-hybridized carbons (Fsp3) is 0.643. The lowest BCUT2D eigenvalue weighted by Gasteiger charge is -2.29. The molecule has 1 N–H and O–H groups in total. The molecule has 1 fully saturated rings. The third kappa shape index (κ3) is 3.30. The minimum Gasteiger partial charge on any atom is -0.376 e. The minimum atomic E-state index is 0.181. The molecule has 0 saturated carbocycles. The van der Waals surface area contributed by atoms with Gasteiger partial charge in [-0.2, -0.15) is 0 Å². The number of hydrogen-bond donors (Lipinski definition) is 1. The van der Waals surface area contributed by atoms with Crippen LogP contribution in [0, 0.1) is 0 Å². The van der Waals surface area contributed by atoms with E-state index in [9.17, 15) is 0 Å². The van der Waals surface area contributed by atoms with Crippen LogP contribution in [-0.2, 0) is 4.74 Å². The van der Waals surface area contributed by atoms with Gasteiger partial charge in [0.05, 0.1) is 22.2 Å². The standard InChI is InChI=1S/C14H21Cl2N3O/c1-4-6-17-13-10(15)8-11(16)14(18-13)19(3)12-5-7-20-9(12)2/h8-9,12H,4-7H2,1-3H3,(H,17,18). The first kappa shape index (κ1) is 15.7. The summed E-state index contributed by atoms with van der Waals surface area (Å²) in [4.78, 5) is 6.67. The Morgan fingerprint density at radius 1 is 1.45 bits per heavy atom. The summed E-state index contributed by atoms with van der Waals surface area (Å²) in [6.07, 6.45) is 2.18. The summed E-state index contributed by atoms with van der Waals surface area (Å²) in [5.74, 6) is 1.43. The van der Waals surface area contributed by atoms with E-state index in [0.717, 1.165) is 31.8 Å². The minimum absolute atomic E-state index is 0.181. The van der Waals surface area contributed by atoms with Gasteiger partial charge in [-0.15, -0.1) is 0 Å². The highest BCUT2D eigenvalue weighted by molar-refractivity contribution is 6.37. The molecule has 1 saturated heterocycles. The number of ether oxygens (including phenoxy) is 1. The van der Waals surface area contributed by atoms with Crippen molar-refractivity contribution in [2.45, 2.75) is 38.8 Å². The highest BCUT2D eigenvalue weighted by atomic mass is 35.5. The zero-order chi connectivity index (χ0) is 14.7. The van der Waals surface area contributed by atoms with Gasteiger partial charge < -0.3 is 15.0 Å². The Hall–Kier alpha value is -0.710. The number of halogens is 2. The third-order valence-corrected chi connectivity index (χ3v) is 4.19. The molecule has 0 aliphatic carbocycles. The van der Waals surface area contributed by atoms with Crippen molar-refractivity contribution in [3.8, 4) is 0 Å². The molecule has 112 valence electrons. The van der Waals surface area contributed by atoms with Gasteiger partial charge in [0, 0.05) is 20.2 Å². The van der Waals surface area contributed by atoms with E-state index in [1.165, 1.54) is 0 Å². The van der Waals surface area contributed by atoms with Crippen LogP contribution in [0.15, 0.2) is 6.07 Å². The molecule has 0 aromatic carbocycles. The van der Waals surface area contributed by atoms with E-state index < -0.39 is 0 Å². The topological polar surface area (TPSA) is 37.4 Å². The molecular weight excluding hydrogens is 297 g/mol. The zero-order valence-electron chi connectivity index (χ0n) is 12.1. The highest BCUT2D eigenvalue weighted by Crippen LogP contribution is 2.33. The maximum absolute atomic E-state index is 6.30. The van der Waals surface area contributed by atoms with Crippen LogP contribution in [0.25, 0.3) is 0 Å². The van der Waals surface area contributed by atoms with Gasteiger partial charge >= 0.3 is 0 Å². The highest BCUT2D eigenvalue weighted by Gasteiger charge is 2.30. The third-order valence-electron chi connectivity index (χ3n) is 3.62. The maximum atomic E-state index is 6.30. The second-order valence-corrected chi connectivity index (χ2v) is 5.91. The zero-order valence-corrected chi connectivity index (χ0v) is 13.6. The van der Waals surface area contributed by atoms with Crippen LogP contribution in [0.1, 0.15) is 26.7 Å². The van der Waals surface area contributed by atoms with Crippen LogP contribution in [0.5, 0.6) is 0 Å². The average molecular weight is 318 g/mol. The van der Waals surface area contributed by atoms with E-state index in [1.807, 2.05) is 7.05 Å². The van der Waals surface area contributed by atoms with Crippen molar-refractivity contribution in [2.24, 2.45) is 0 Å². The Morgan fingerprint density at radius 3 is 2.80 bits per heavy atom.